The van der Waals surface area contributed by atoms with E-state index in [1.54, 1.807) is 0 Å². The molecule has 0 spiro atoms. The van der Waals surface area contributed by atoms with Crippen molar-refractivity contribution in [1.29, 1.82) is 0 Å². The lowest BCUT2D eigenvalue weighted by Gasteiger charge is -2.05. The number of carboxylic acids is 2. The van der Waals surface area contributed by atoms with Gasteiger partial charge in [0.15, 0.2) is 0 Å². The van der Waals surface area contributed by atoms with Crippen LogP contribution >= 0.6 is 0 Å². The van der Waals surface area contributed by atoms with Gasteiger partial charge in [-0.1, -0.05) is 64.2 Å². The second-order valence-electron chi connectivity index (χ2n) is 5.53. The van der Waals surface area contributed by atoms with E-state index < -0.39 is 11.9 Å². The van der Waals surface area contributed by atoms with Crippen LogP contribution in [0.5, 0.6) is 0 Å². The van der Waals surface area contributed by atoms with E-state index in [0.717, 1.165) is 38.5 Å². The Bertz CT molecular complexity index is 215. The van der Waals surface area contributed by atoms with Crippen LogP contribution in [0.15, 0.2) is 0 Å². The molecule has 1 aliphatic rings. The summed E-state index contributed by atoms with van der Waals surface area (Å²) >= 11 is 0. The second kappa shape index (κ2) is 14.4. The molecule has 4 nitrogen and oxygen atoms in total. The lowest BCUT2D eigenvalue weighted by molar-refractivity contribution is -0.138. The highest BCUT2D eigenvalue weighted by Crippen LogP contribution is 2.15. The number of rotatable bonds is 9. The highest BCUT2D eigenvalue weighted by atomic mass is 16.4. The molecule has 1 fully saturated rings. The van der Waals surface area contributed by atoms with Crippen LogP contribution in [0.3, 0.4) is 0 Å². The van der Waals surface area contributed by atoms with E-state index in [4.69, 9.17) is 10.2 Å². The molecule has 2 N–H and O–H groups in total. The standard InChI is InChI=1S/C10H18O4.C6H12/c11-9(12)7-5-3-1-2-4-6-8-10(13)14;1-2-4-6-5-3-1/h1-8H2,(H,11,12)(H,13,14);1-6H2. The second-order valence-corrected chi connectivity index (χ2v) is 5.53. The Morgan fingerprint density at radius 1 is 0.550 bits per heavy atom. The van der Waals surface area contributed by atoms with Crippen molar-refractivity contribution in [3.63, 3.8) is 0 Å². The molecule has 0 heterocycles. The van der Waals surface area contributed by atoms with Gasteiger partial charge < -0.3 is 10.2 Å². The van der Waals surface area contributed by atoms with Crippen molar-refractivity contribution >= 4 is 11.9 Å². The van der Waals surface area contributed by atoms with Crippen molar-refractivity contribution in [3.8, 4) is 0 Å². The summed E-state index contributed by atoms with van der Waals surface area (Å²) in [6.07, 6.45) is 14.8. The largest absolute Gasteiger partial charge is 0.481 e. The minimum Gasteiger partial charge on any atom is -0.481 e. The number of unbranched alkanes of at least 4 members (excludes halogenated alkanes) is 5. The lowest BCUT2D eigenvalue weighted by Crippen LogP contribution is -1.94. The fraction of sp³-hybridized carbons (Fsp3) is 0.875. The molecule has 0 aliphatic heterocycles. The summed E-state index contributed by atoms with van der Waals surface area (Å²) < 4.78 is 0. The maximum absolute atomic E-state index is 10.1. The van der Waals surface area contributed by atoms with Crippen molar-refractivity contribution in [2.45, 2.75) is 89.9 Å². The zero-order chi connectivity index (χ0) is 15.1. The van der Waals surface area contributed by atoms with E-state index >= 15 is 0 Å². The topological polar surface area (TPSA) is 74.6 Å². The Balaban J connectivity index is 0.000000493. The van der Waals surface area contributed by atoms with Crippen molar-refractivity contribution in [1.82, 2.24) is 0 Å². The van der Waals surface area contributed by atoms with Gasteiger partial charge in [0.25, 0.3) is 0 Å². The van der Waals surface area contributed by atoms with Crippen LogP contribution in [0.25, 0.3) is 0 Å². The summed E-state index contributed by atoms with van der Waals surface area (Å²) in [5.41, 5.74) is 0. The first-order chi connectivity index (χ1) is 9.63. The molecule has 0 aromatic rings. The molecule has 0 aromatic carbocycles. The van der Waals surface area contributed by atoms with Crippen LogP contribution in [0, 0.1) is 0 Å². The van der Waals surface area contributed by atoms with Gasteiger partial charge in [0.2, 0.25) is 0 Å². The summed E-state index contributed by atoms with van der Waals surface area (Å²) in [6.45, 7) is 0. The molecule has 1 rings (SSSR count). The van der Waals surface area contributed by atoms with Gasteiger partial charge >= 0.3 is 11.9 Å². The molecule has 0 radical (unpaired) electrons. The third-order valence-electron chi connectivity index (χ3n) is 3.53. The van der Waals surface area contributed by atoms with Crippen molar-refractivity contribution in [2.24, 2.45) is 0 Å². The summed E-state index contributed by atoms with van der Waals surface area (Å²) in [5, 5.41) is 16.7. The Labute approximate surface area is 122 Å². The molecular formula is C16H30O4. The van der Waals surface area contributed by atoms with E-state index in [2.05, 4.69) is 0 Å². The molecule has 0 aromatic heterocycles. The number of carboxylic acid groups (broad SMARTS) is 2. The number of hydrogen-bond acceptors (Lipinski definition) is 2. The van der Waals surface area contributed by atoms with E-state index in [9.17, 15) is 9.59 Å². The molecule has 0 saturated heterocycles. The van der Waals surface area contributed by atoms with Gasteiger partial charge in [0.1, 0.15) is 0 Å². The van der Waals surface area contributed by atoms with Gasteiger partial charge in [-0.2, -0.15) is 0 Å². The lowest BCUT2D eigenvalue weighted by atomic mass is 10.0. The van der Waals surface area contributed by atoms with Crippen LogP contribution in [-0.4, -0.2) is 22.2 Å². The predicted octanol–water partition coefficient (Wildman–Crippen LogP) is 4.62. The molecule has 4 heteroatoms. The minimum absolute atomic E-state index is 0.245. The Morgan fingerprint density at radius 2 is 0.800 bits per heavy atom. The van der Waals surface area contributed by atoms with E-state index in [-0.39, 0.29) is 12.8 Å². The average molecular weight is 286 g/mol. The molecule has 0 unspecified atom stereocenters. The first-order valence-electron chi connectivity index (χ1n) is 8.06. The summed E-state index contributed by atoms with van der Waals surface area (Å²) in [6, 6.07) is 0. The van der Waals surface area contributed by atoms with Gasteiger partial charge in [-0.15, -0.1) is 0 Å². The van der Waals surface area contributed by atoms with Gasteiger partial charge in [-0.05, 0) is 12.8 Å². The van der Waals surface area contributed by atoms with Crippen LogP contribution < -0.4 is 0 Å². The van der Waals surface area contributed by atoms with Crippen LogP contribution in [0.2, 0.25) is 0 Å². The summed E-state index contributed by atoms with van der Waals surface area (Å²) in [7, 11) is 0. The Morgan fingerprint density at radius 3 is 1.05 bits per heavy atom. The van der Waals surface area contributed by atoms with Crippen LogP contribution in [0.1, 0.15) is 89.9 Å². The number of carbonyl (C=O) groups is 2. The maximum Gasteiger partial charge on any atom is 0.303 e. The first-order valence-corrected chi connectivity index (χ1v) is 8.06. The van der Waals surface area contributed by atoms with E-state index in [1.165, 1.54) is 38.5 Å². The third kappa shape index (κ3) is 16.9. The van der Waals surface area contributed by atoms with Crippen LogP contribution in [-0.2, 0) is 9.59 Å². The average Bonchev–Trinajstić information content (AvgIpc) is 2.44. The van der Waals surface area contributed by atoms with Crippen molar-refractivity contribution in [3.05, 3.63) is 0 Å². The van der Waals surface area contributed by atoms with Gasteiger partial charge in [0.05, 0.1) is 0 Å². The van der Waals surface area contributed by atoms with Gasteiger partial charge in [0, 0.05) is 12.8 Å². The molecule has 1 aliphatic carbocycles. The number of aliphatic carboxylic acids is 2. The van der Waals surface area contributed by atoms with Crippen molar-refractivity contribution < 1.29 is 19.8 Å². The summed E-state index contributed by atoms with van der Waals surface area (Å²) in [5.74, 6) is -1.48. The fourth-order valence-electron chi connectivity index (χ4n) is 2.32. The highest BCUT2D eigenvalue weighted by molar-refractivity contribution is 5.66. The minimum atomic E-state index is -0.740. The molecule has 0 bridgehead atoms. The zero-order valence-electron chi connectivity index (χ0n) is 12.6. The molecule has 0 amide bonds. The molecule has 118 valence electrons. The summed E-state index contributed by atoms with van der Waals surface area (Å²) in [4.78, 5) is 20.3. The predicted molar refractivity (Wildman–Crippen MR) is 79.9 cm³/mol. The smallest absolute Gasteiger partial charge is 0.303 e. The Kier molecular flexibility index (Phi) is 13.6. The Hall–Kier alpha value is -1.06. The quantitative estimate of drug-likeness (QED) is 0.607. The zero-order valence-corrected chi connectivity index (χ0v) is 12.6. The fourth-order valence-corrected chi connectivity index (χ4v) is 2.32. The SMILES string of the molecule is C1CCCCC1.O=C(O)CCCCCCCCC(=O)O. The normalized spacial score (nSPS) is 14.2. The first kappa shape index (κ1) is 18.9. The maximum atomic E-state index is 10.1. The molecular weight excluding hydrogens is 256 g/mol. The molecule has 0 atom stereocenters. The molecule has 20 heavy (non-hydrogen) atoms. The number of hydrogen-bond donors (Lipinski definition) is 2. The van der Waals surface area contributed by atoms with E-state index in [0.29, 0.717) is 0 Å². The monoisotopic (exact) mass is 286 g/mol. The van der Waals surface area contributed by atoms with Gasteiger partial charge in [-0.3, -0.25) is 9.59 Å². The van der Waals surface area contributed by atoms with Gasteiger partial charge in [-0.25, -0.2) is 0 Å². The van der Waals surface area contributed by atoms with E-state index in [1.807, 2.05) is 0 Å². The van der Waals surface area contributed by atoms with Crippen LogP contribution in [0.4, 0.5) is 0 Å². The third-order valence-corrected chi connectivity index (χ3v) is 3.53. The van der Waals surface area contributed by atoms with Crippen molar-refractivity contribution in [2.75, 3.05) is 0 Å². The highest BCUT2D eigenvalue weighted by Gasteiger charge is 1.98. The molecule has 1 saturated carbocycles.